The molecule has 1 saturated carbocycles. The number of nitro groups is 1. The van der Waals surface area contributed by atoms with Crippen molar-refractivity contribution in [3.05, 3.63) is 75.3 Å². The summed E-state index contributed by atoms with van der Waals surface area (Å²) in [6.07, 6.45) is 2.52. The number of nitrogens with zero attached hydrogens (tertiary/aromatic N) is 2. The molecule has 1 aliphatic carbocycles. The van der Waals surface area contributed by atoms with Crippen molar-refractivity contribution in [1.29, 1.82) is 0 Å². The summed E-state index contributed by atoms with van der Waals surface area (Å²) in [5, 5.41) is 16.3. The molecule has 2 aromatic carbocycles. The van der Waals surface area contributed by atoms with Crippen LogP contribution in [0.1, 0.15) is 49.7 Å². The second kappa shape index (κ2) is 13.5. The van der Waals surface area contributed by atoms with Gasteiger partial charge in [0.2, 0.25) is 17.7 Å². The number of ether oxygens (including phenoxy) is 1. The first kappa shape index (κ1) is 30.5. The molecule has 2 N–H and O–H groups in total. The average molecular weight is 587 g/mol. The van der Waals surface area contributed by atoms with Crippen LogP contribution in [-0.2, 0) is 36.9 Å². The standard InChI is InChI=1S/C29H32F2N4O7/c1-42-29(39)24(14-18-7-9-20(10-8-18)35(40)41)33-28(38)23(13-17-5-6-17)32-25(36)15-21-11-12-26(37)34(21)16-19-3-2-4-22(30)27(19)31/h2-4,7-10,17,21,23-24H,5-6,11-16H2,1H3,(H,32,36)(H,33,38)/t21-,23-,24-/m0/s1. The highest BCUT2D eigenvalue weighted by atomic mass is 19.2. The average Bonchev–Trinajstić information content (AvgIpc) is 3.73. The Morgan fingerprint density at radius 1 is 1.07 bits per heavy atom. The number of halogens is 2. The highest BCUT2D eigenvalue weighted by molar-refractivity contribution is 5.91. The van der Waals surface area contributed by atoms with Crippen LogP contribution in [0, 0.1) is 27.7 Å². The number of hydrogen-bond acceptors (Lipinski definition) is 7. The van der Waals surface area contributed by atoms with Crippen molar-refractivity contribution in [3.63, 3.8) is 0 Å². The molecule has 0 radical (unpaired) electrons. The number of esters is 1. The number of rotatable bonds is 13. The lowest BCUT2D eigenvalue weighted by molar-refractivity contribution is -0.384. The van der Waals surface area contributed by atoms with Crippen molar-refractivity contribution in [2.75, 3.05) is 7.11 Å². The molecule has 13 heteroatoms. The molecule has 1 heterocycles. The summed E-state index contributed by atoms with van der Waals surface area (Å²) < 4.78 is 32.8. The summed E-state index contributed by atoms with van der Waals surface area (Å²) in [6, 6.07) is 6.63. The zero-order chi connectivity index (χ0) is 30.4. The van der Waals surface area contributed by atoms with Crippen LogP contribution in [0.25, 0.3) is 0 Å². The van der Waals surface area contributed by atoms with E-state index >= 15 is 0 Å². The topological polar surface area (TPSA) is 148 Å². The maximum Gasteiger partial charge on any atom is 0.328 e. The lowest BCUT2D eigenvalue weighted by Gasteiger charge is -2.26. The van der Waals surface area contributed by atoms with Gasteiger partial charge in [-0.1, -0.05) is 37.1 Å². The Bertz CT molecular complexity index is 1350. The van der Waals surface area contributed by atoms with Crippen molar-refractivity contribution in [1.82, 2.24) is 15.5 Å². The number of hydrogen-bond donors (Lipinski definition) is 2. The Morgan fingerprint density at radius 3 is 2.43 bits per heavy atom. The maximum absolute atomic E-state index is 14.2. The summed E-state index contributed by atoms with van der Waals surface area (Å²) >= 11 is 0. The number of nitro benzene ring substituents is 1. The van der Waals surface area contributed by atoms with Crippen LogP contribution in [0.5, 0.6) is 0 Å². The monoisotopic (exact) mass is 586 g/mol. The largest absolute Gasteiger partial charge is 0.467 e. The number of benzene rings is 2. The number of non-ortho nitro benzene ring substituents is 1. The first-order chi connectivity index (χ1) is 20.0. The quantitative estimate of drug-likeness (QED) is 0.208. The third-order valence-corrected chi connectivity index (χ3v) is 7.55. The predicted octanol–water partition coefficient (Wildman–Crippen LogP) is 2.94. The van der Waals surface area contributed by atoms with E-state index < -0.39 is 52.5 Å². The first-order valence-corrected chi connectivity index (χ1v) is 13.7. The third-order valence-electron chi connectivity index (χ3n) is 7.55. The predicted molar refractivity (Wildman–Crippen MR) is 145 cm³/mol. The van der Waals surface area contributed by atoms with E-state index in [1.54, 1.807) is 0 Å². The summed E-state index contributed by atoms with van der Waals surface area (Å²) in [5.41, 5.74) is 0.441. The second-order valence-electron chi connectivity index (χ2n) is 10.6. The fourth-order valence-corrected chi connectivity index (χ4v) is 5.06. The van der Waals surface area contributed by atoms with E-state index in [-0.39, 0.29) is 48.9 Å². The SMILES string of the molecule is COC(=O)[C@H](Cc1ccc([N+](=O)[O-])cc1)NC(=O)[C@H](CC1CC1)NC(=O)C[C@@H]1CCC(=O)N1Cc1cccc(F)c1F. The Kier molecular flexibility index (Phi) is 9.81. The molecular weight excluding hydrogens is 554 g/mol. The van der Waals surface area contributed by atoms with Crippen LogP contribution >= 0.6 is 0 Å². The van der Waals surface area contributed by atoms with E-state index in [0.29, 0.717) is 18.4 Å². The molecule has 4 rings (SSSR count). The second-order valence-corrected chi connectivity index (χ2v) is 10.6. The smallest absolute Gasteiger partial charge is 0.328 e. The molecule has 3 atom stereocenters. The molecule has 1 aliphatic heterocycles. The lowest BCUT2D eigenvalue weighted by atomic mass is 10.0. The summed E-state index contributed by atoms with van der Waals surface area (Å²) in [7, 11) is 1.17. The van der Waals surface area contributed by atoms with Gasteiger partial charge in [-0.2, -0.15) is 0 Å². The number of amides is 3. The van der Waals surface area contributed by atoms with Crippen LogP contribution in [0.3, 0.4) is 0 Å². The molecule has 11 nitrogen and oxygen atoms in total. The molecule has 0 aromatic heterocycles. The van der Waals surface area contributed by atoms with E-state index in [0.717, 1.165) is 18.9 Å². The van der Waals surface area contributed by atoms with E-state index in [1.807, 2.05) is 0 Å². The molecule has 2 aromatic rings. The molecule has 224 valence electrons. The van der Waals surface area contributed by atoms with Crippen molar-refractivity contribution in [3.8, 4) is 0 Å². The van der Waals surface area contributed by atoms with Gasteiger partial charge in [0, 0.05) is 49.5 Å². The minimum absolute atomic E-state index is 0.00326. The van der Waals surface area contributed by atoms with Gasteiger partial charge in [0.15, 0.2) is 11.6 Å². The van der Waals surface area contributed by atoms with Gasteiger partial charge in [0.1, 0.15) is 12.1 Å². The van der Waals surface area contributed by atoms with Gasteiger partial charge >= 0.3 is 5.97 Å². The van der Waals surface area contributed by atoms with E-state index in [4.69, 9.17) is 4.74 Å². The van der Waals surface area contributed by atoms with Gasteiger partial charge in [-0.25, -0.2) is 13.6 Å². The van der Waals surface area contributed by atoms with Gasteiger partial charge in [0.05, 0.1) is 12.0 Å². The van der Waals surface area contributed by atoms with Crippen molar-refractivity contribution in [2.45, 2.75) is 69.6 Å². The van der Waals surface area contributed by atoms with E-state index in [2.05, 4.69) is 10.6 Å². The van der Waals surface area contributed by atoms with Crippen molar-refractivity contribution >= 4 is 29.4 Å². The van der Waals surface area contributed by atoms with E-state index in [1.165, 1.54) is 48.4 Å². The highest BCUT2D eigenvalue weighted by Crippen LogP contribution is 2.34. The fourth-order valence-electron chi connectivity index (χ4n) is 5.06. The number of likely N-dealkylation sites (tertiary alicyclic amines) is 1. The molecule has 42 heavy (non-hydrogen) atoms. The molecule has 1 saturated heterocycles. The number of carbonyl (C=O) groups is 4. The molecule has 0 unspecified atom stereocenters. The number of methoxy groups -OCH3 is 1. The molecule has 2 aliphatic rings. The maximum atomic E-state index is 14.2. The lowest BCUT2D eigenvalue weighted by Crippen LogP contribution is -2.53. The van der Waals surface area contributed by atoms with Crippen LogP contribution in [-0.4, -0.2) is 58.7 Å². The zero-order valence-corrected chi connectivity index (χ0v) is 23.0. The third kappa shape index (κ3) is 7.86. The van der Waals surface area contributed by atoms with Gasteiger partial charge in [-0.3, -0.25) is 24.5 Å². The molecule has 0 bridgehead atoms. The molecule has 2 fully saturated rings. The zero-order valence-electron chi connectivity index (χ0n) is 23.0. The summed E-state index contributed by atoms with van der Waals surface area (Å²) in [4.78, 5) is 63.1. The van der Waals surface area contributed by atoms with Gasteiger partial charge in [-0.05, 0) is 30.4 Å². The molecular formula is C29H32F2N4O7. The Labute approximate surface area is 240 Å². The van der Waals surface area contributed by atoms with Gasteiger partial charge in [0.25, 0.3) is 5.69 Å². The Morgan fingerprint density at radius 2 is 1.79 bits per heavy atom. The van der Waals surface area contributed by atoms with Crippen LogP contribution < -0.4 is 10.6 Å². The van der Waals surface area contributed by atoms with E-state index in [9.17, 15) is 38.1 Å². The Balaban J connectivity index is 1.41. The van der Waals surface area contributed by atoms with Crippen molar-refractivity contribution < 1.29 is 37.6 Å². The minimum atomic E-state index is -1.10. The van der Waals surface area contributed by atoms with Gasteiger partial charge < -0.3 is 20.3 Å². The Hall–Kier alpha value is -4.42. The fraction of sp³-hybridized carbons (Fsp3) is 0.448. The van der Waals surface area contributed by atoms with Crippen LogP contribution in [0.15, 0.2) is 42.5 Å². The summed E-state index contributed by atoms with van der Waals surface area (Å²) in [6.45, 7) is -0.185. The first-order valence-electron chi connectivity index (χ1n) is 13.7. The minimum Gasteiger partial charge on any atom is -0.467 e. The van der Waals surface area contributed by atoms with Crippen molar-refractivity contribution in [2.24, 2.45) is 5.92 Å². The molecule has 0 spiro atoms. The summed E-state index contributed by atoms with van der Waals surface area (Å²) in [5.74, 6) is -3.93. The number of nitrogens with one attached hydrogen (secondary N) is 2. The number of carbonyl (C=O) groups excluding carboxylic acids is 4. The molecule has 3 amide bonds. The van der Waals surface area contributed by atoms with Crippen LogP contribution in [0.4, 0.5) is 14.5 Å². The van der Waals surface area contributed by atoms with Gasteiger partial charge in [-0.15, -0.1) is 0 Å². The van der Waals surface area contributed by atoms with Crippen LogP contribution in [0.2, 0.25) is 0 Å². The highest BCUT2D eigenvalue weighted by Gasteiger charge is 2.36. The normalized spacial score (nSPS) is 17.8.